The van der Waals surface area contributed by atoms with E-state index in [9.17, 15) is 0 Å². The SMILES string of the molecule is CCNC(=NCc1ccc2c(c1)OCCCO2)NCc1sc(C)nc1C.I. The van der Waals surface area contributed by atoms with Crippen molar-refractivity contribution in [2.45, 2.75) is 40.3 Å². The molecule has 0 amide bonds. The number of fused-ring (bicyclic) bond motifs is 1. The van der Waals surface area contributed by atoms with E-state index in [1.807, 2.05) is 32.0 Å². The van der Waals surface area contributed by atoms with Crippen molar-refractivity contribution in [1.82, 2.24) is 15.6 Å². The fourth-order valence-corrected chi connectivity index (χ4v) is 3.60. The standard InChI is InChI=1S/C19H26N4O2S.HI/c1-4-20-19(22-12-18-13(2)23-14(3)26-18)21-11-15-6-7-16-17(10-15)25-9-5-8-24-16;/h6-7,10H,4-5,8-9,11-12H2,1-3H3,(H2,20,21,22);1H. The molecule has 0 radical (unpaired) electrons. The van der Waals surface area contributed by atoms with E-state index in [0.717, 1.165) is 53.2 Å². The molecule has 0 spiro atoms. The van der Waals surface area contributed by atoms with Crippen LogP contribution < -0.4 is 20.1 Å². The second-order valence-electron chi connectivity index (χ2n) is 6.12. The van der Waals surface area contributed by atoms with Gasteiger partial charge in [0.25, 0.3) is 0 Å². The molecule has 2 aromatic rings. The molecule has 8 heteroatoms. The summed E-state index contributed by atoms with van der Waals surface area (Å²) < 4.78 is 11.4. The summed E-state index contributed by atoms with van der Waals surface area (Å²) >= 11 is 1.72. The van der Waals surface area contributed by atoms with E-state index in [2.05, 4.69) is 27.5 Å². The molecule has 0 bridgehead atoms. The molecule has 0 saturated heterocycles. The maximum absolute atomic E-state index is 5.75. The number of ether oxygens (including phenoxy) is 2. The molecule has 0 atom stereocenters. The molecule has 1 aromatic carbocycles. The zero-order valence-corrected chi connectivity index (χ0v) is 19.1. The predicted octanol–water partition coefficient (Wildman–Crippen LogP) is 3.79. The summed E-state index contributed by atoms with van der Waals surface area (Å²) in [5.41, 5.74) is 2.18. The second kappa shape index (κ2) is 10.7. The van der Waals surface area contributed by atoms with Crippen molar-refractivity contribution in [3.63, 3.8) is 0 Å². The van der Waals surface area contributed by atoms with Crippen LogP contribution in [0.2, 0.25) is 0 Å². The number of aromatic nitrogens is 1. The summed E-state index contributed by atoms with van der Waals surface area (Å²) in [6.45, 7) is 9.65. The van der Waals surface area contributed by atoms with Gasteiger partial charge in [-0.25, -0.2) is 9.98 Å². The summed E-state index contributed by atoms with van der Waals surface area (Å²) in [7, 11) is 0. The Bertz CT molecular complexity index is 779. The zero-order valence-electron chi connectivity index (χ0n) is 16.0. The van der Waals surface area contributed by atoms with Crippen molar-refractivity contribution >= 4 is 41.3 Å². The lowest BCUT2D eigenvalue weighted by molar-refractivity contribution is 0.297. The number of guanidine groups is 1. The van der Waals surface area contributed by atoms with Gasteiger partial charge in [0.05, 0.1) is 37.0 Å². The molecule has 2 N–H and O–H groups in total. The molecule has 0 saturated carbocycles. The Morgan fingerprint density at radius 1 is 1.19 bits per heavy atom. The molecule has 3 rings (SSSR count). The van der Waals surface area contributed by atoms with Crippen LogP contribution in [-0.4, -0.2) is 30.7 Å². The van der Waals surface area contributed by atoms with Crippen molar-refractivity contribution in [3.05, 3.63) is 39.3 Å². The van der Waals surface area contributed by atoms with Gasteiger partial charge in [-0.05, 0) is 38.5 Å². The molecular weight excluding hydrogens is 475 g/mol. The number of hydrogen-bond acceptors (Lipinski definition) is 5. The predicted molar refractivity (Wildman–Crippen MR) is 121 cm³/mol. The van der Waals surface area contributed by atoms with E-state index in [1.165, 1.54) is 4.88 Å². The van der Waals surface area contributed by atoms with Gasteiger partial charge in [-0.1, -0.05) is 6.07 Å². The van der Waals surface area contributed by atoms with Gasteiger partial charge in [-0.3, -0.25) is 0 Å². The largest absolute Gasteiger partial charge is 0.490 e. The first-order valence-corrected chi connectivity index (χ1v) is 9.81. The molecule has 148 valence electrons. The van der Waals surface area contributed by atoms with E-state index >= 15 is 0 Å². The second-order valence-corrected chi connectivity index (χ2v) is 7.41. The van der Waals surface area contributed by atoms with Gasteiger partial charge in [-0.2, -0.15) is 0 Å². The first-order chi connectivity index (χ1) is 12.7. The lowest BCUT2D eigenvalue weighted by Crippen LogP contribution is -2.36. The number of hydrogen-bond donors (Lipinski definition) is 2. The van der Waals surface area contributed by atoms with E-state index in [4.69, 9.17) is 9.47 Å². The molecule has 0 fully saturated rings. The third kappa shape index (κ3) is 6.24. The van der Waals surface area contributed by atoms with Crippen molar-refractivity contribution in [1.29, 1.82) is 0 Å². The molecule has 1 aliphatic rings. The van der Waals surface area contributed by atoms with Crippen LogP contribution in [0.5, 0.6) is 11.5 Å². The first-order valence-electron chi connectivity index (χ1n) is 8.99. The number of aliphatic imine (C=N–C) groups is 1. The fraction of sp³-hybridized carbons (Fsp3) is 0.474. The summed E-state index contributed by atoms with van der Waals surface area (Å²) in [6.07, 6.45) is 0.910. The maximum atomic E-state index is 5.75. The molecule has 0 unspecified atom stereocenters. The van der Waals surface area contributed by atoms with Crippen LogP contribution in [0.4, 0.5) is 0 Å². The maximum Gasteiger partial charge on any atom is 0.191 e. The van der Waals surface area contributed by atoms with Crippen LogP contribution in [0.15, 0.2) is 23.2 Å². The fourth-order valence-electron chi connectivity index (χ4n) is 2.72. The molecule has 27 heavy (non-hydrogen) atoms. The van der Waals surface area contributed by atoms with Crippen LogP contribution in [0.25, 0.3) is 0 Å². The minimum absolute atomic E-state index is 0. The smallest absolute Gasteiger partial charge is 0.191 e. The van der Waals surface area contributed by atoms with Gasteiger partial charge in [0.1, 0.15) is 0 Å². The molecule has 2 heterocycles. The molecule has 1 aromatic heterocycles. The number of halogens is 1. The lowest BCUT2D eigenvalue weighted by atomic mass is 10.2. The first kappa shape index (κ1) is 21.7. The highest BCUT2D eigenvalue weighted by Gasteiger charge is 2.11. The Kier molecular flexibility index (Phi) is 8.62. The van der Waals surface area contributed by atoms with Crippen molar-refractivity contribution in [2.75, 3.05) is 19.8 Å². The van der Waals surface area contributed by atoms with Crippen molar-refractivity contribution < 1.29 is 9.47 Å². The summed E-state index contributed by atoms with van der Waals surface area (Å²) in [6, 6.07) is 6.02. The Morgan fingerprint density at radius 2 is 1.96 bits per heavy atom. The van der Waals surface area contributed by atoms with Crippen LogP contribution in [0.1, 0.15) is 34.5 Å². The molecule has 6 nitrogen and oxygen atoms in total. The number of benzene rings is 1. The van der Waals surface area contributed by atoms with E-state index < -0.39 is 0 Å². The summed E-state index contributed by atoms with van der Waals surface area (Å²) in [4.78, 5) is 10.4. The Morgan fingerprint density at radius 3 is 2.67 bits per heavy atom. The Labute approximate surface area is 181 Å². The van der Waals surface area contributed by atoms with E-state index in [0.29, 0.717) is 19.8 Å². The monoisotopic (exact) mass is 502 g/mol. The van der Waals surface area contributed by atoms with Crippen LogP contribution in [0.3, 0.4) is 0 Å². The van der Waals surface area contributed by atoms with Gasteiger partial charge in [0.2, 0.25) is 0 Å². The number of thiazole rings is 1. The number of nitrogens with zero attached hydrogens (tertiary/aromatic N) is 2. The summed E-state index contributed by atoms with van der Waals surface area (Å²) in [5.74, 6) is 2.42. The van der Waals surface area contributed by atoms with Crippen LogP contribution in [0, 0.1) is 13.8 Å². The van der Waals surface area contributed by atoms with Gasteiger partial charge in [0.15, 0.2) is 17.5 Å². The average molecular weight is 502 g/mol. The average Bonchev–Trinajstić information content (AvgIpc) is 2.82. The Hall–Kier alpha value is -1.55. The van der Waals surface area contributed by atoms with Crippen LogP contribution >= 0.6 is 35.3 Å². The highest BCUT2D eigenvalue weighted by molar-refractivity contribution is 14.0. The van der Waals surface area contributed by atoms with Gasteiger partial charge < -0.3 is 20.1 Å². The quantitative estimate of drug-likeness (QED) is 0.370. The topological polar surface area (TPSA) is 67.8 Å². The third-order valence-corrected chi connectivity index (χ3v) is 5.06. The van der Waals surface area contributed by atoms with E-state index in [-0.39, 0.29) is 24.0 Å². The lowest BCUT2D eigenvalue weighted by Gasteiger charge is -2.12. The van der Waals surface area contributed by atoms with Gasteiger partial charge >= 0.3 is 0 Å². The highest BCUT2D eigenvalue weighted by atomic mass is 127. The molecular formula is C19H27IN4O2S. The normalized spacial score (nSPS) is 13.5. The third-order valence-electron chi connectivity index (χ3n) is 3.99. The number of nitrogens with one attached hydrogen (secondary N) is 2. The van der Waals surface area contributed by atoms with Crippen LogP contribution in [-0.2, 0) is 13.1 Å². The molecule has 1 aliphatic heterocycles. The van der Waals surface area contributed by atoms with Gasteiger partial charge in [-0.15, -0.1) is 35.3 Å². The number of rotatable bonds is 5. The highest BCUT2D eigenvalue weighted by Crippen LogP contribution is 2.30. The minimum atomic E-state index is 0. The zero-order chi connectivity index (χ0) is 18.4. The summed E-state index contributed by atoms with van der Waals surface area (Å²) in [5, 5.41) is 7.77. The van der Waals surface area contributed by atoms with Crippen molar-refractivity contribution in [2.24, 2.45) is 4.99 Å². The van der Waals surface area contributed by atoms with Gasteiger partial charge in [0, 0.05) is 17.8 Å². The van der Waals surface area contributed by atoms with E-state index in [1.54, 1.807) is 11.3 Å². The van der Waals surface area contributed by atoms with Crippen molar-refractivity contribution in [3.8, 4) is 11.5 Å². The molecule has 0 aliphatic carbocycles. The number of aryl methyl sites for hydroxylation is 2. The Balaban J connectivity index is 0.00000261. The minimum Gasteiger partial charge on any atom is -0.490 e.